The van der Waals surface area contributed by atoms with Crippen molar-refractivity contribution in [1.29, 1.82) is 0 Å². The molecule has 0 saturated carbocycles. The number of rotatable bonds is 5. The minimum absolute atomic E-state index is 0.712. The van der Waals surface area contributed by atoms with E-state index in [2.05, 4.69) is 6.92 Å². The molecule has 0 bridgehead atoms. The Morgan fingerprint density at radius 2 is 1.93 bits per heavy atom. The predicted octanol–water partition coefficient (Wildman–Crippen LogP) is 3.48. The van der Waals surface area contributed by atoms with Gasteiger partial charge in [0.15, 0.2) is 6.21 Å². The van der Waals surface area contributed by atoms with E-state index in [0.29, 0.717) is 5.69 Å². The van der Waals surface area contributed by atoms with E-state index in [4.69, 9.17) is 0 Å². The van der Waals surface area contributed by atoms with Crippen LogP contribution >= 0.6 is 0 Å². The summed E-state index contributed by atoms with van der Waals surface area (Å²) in [5.74, 6) is 0. The van der Waals surface area contributed by atoms with Crippen molar-refractivity contribution in [3.8, 4) is 0 Å². The van der Waals surface area contributed by atoms with Gasteiger partial charge in [-0.3, -0.25) is 0 Å². The first-order chi connectivity index (χ1) is 6.84. The molecule has 0 aliphatic heterocycles. The Hall–Kier alpha value is -1.31. The molecule has 14 heavy (non-hydrogen) atoms. The van der Waals surface area contributed by atoms with E-state index < -0.39 is 0 Å². The highest BCUT2D eigenvalue weighted by molar-refractivity contribution is 5.53. The van der Waals surface area contributed by atoms with Gasteiger partial charge in [-0.1, -0.05) is 38.0 Å². The maximum atomic E-state index is 11.5. The standard InChI is InChI=1S/C12H17NO/c1-2-3-4-8-11-13(14)12-9-6-5-7-10-12/h5-7,9-11H,2-4,8H2,1H3/b13-11-. The minimum atomic E-state index is 0.712. The first kappa shape index (κ1) is 10.8. The van der Waals surface area contributed by atoms with Gasteiger partial charge in [0.2, 0.25) is 5.69 Å². The summed E-state index contributed by atoms with van der Waals surface area (Å²) in [5, 5.41) is 11.5. The van der Waals surface area contributed by atoms with Crippen LogP contribution in [0, 0.1) is 5.21 Å². The van der Waals surface area contributed by atoms with Gasteiger partial charge >= 0.3 is 0 Å². The van der Waals surface area contributed by atoms with Crippen molar-refractivity contribution in [2.75, 3.05) is 0 Å². The highest BCUT2D eigenvalue weighted by Gasteiger charge is 1.97. The van der Waals surface area contributed by atoms with Crippen LogP contribution in [-0.2, 0) is 0 Å². The van der Waals surface area contributed by atoms with E-state index in [9.17, 15) is 5.21 Å². The highest BCUT2D eigenvalue weighted by Crippen LogP contribution is 2.08. The van der Waals surface area contributed by atoms with Gasteiger partial charge in [-0.15, -0.1) is 0 Å². The quantitative estimate of drug-likeness (QED) is 0.230. The summed E-state index contributed by atoms with van der Waals surface area (Å²) in [6.45, 7) is 2.16. The monoisotopic (exact) mass is 191 g/mol. The van der Waals surface area contributed by atoms with Crippen molar-refractivity contribution in [2.45, 2.75) is 32.6 Å². The second-order valence-electron chi connectivity index (χ2n) is 3.34. The van der Waals surface area contributed by atoms with Crippen LogP contribution in [0.25, 0.3) is 0 Å². The fourth-order valence-electron chi connectivity index (χ4n) is 1.28. The zero-order valence-electron chi connectivity index (χ0n) is 8.65. The summed E-state index contributed by atoms with van der Waals surface area (Å²) in [5.41, 5.74) is 0.712. The number of hydrogen-bond acceptors (Lipinski definition) is 1. The molecule has 1 aromatic rings. The zero-order valence-corrected chi connectivity index (χ0v) is 8.65. The average molecular weight is 191 g/mol. The van der Waals surface area contributed by atoms with Crippen LogP contribution in [-0.4, -0.2) is 11.0 Å². The first-order valence-electron chi connectivity index (χ1n) is 5.19. The summed E-state index contributed by atoms with van der Waals surface area (Å²) in [4.78, 5) is 0. The van der Waals surface area contributed by atoms with E-state index in [1.54, 1.807) is 6.21 Å². The maximum Gasteiger partial charge on any atom is 0.216 e. The van der Waals surface area contributed by atoms with Crippen LogP contribution in [0.5, 0.6) is 0 Å². The Balaban J connectivity index is 2.44. The third kappa shape index (κ3) is 3.60. The molecule has 0 atom stereocenters. The van der Waals surface area contributed by atoms with Crippen LogP contribution in [0.2, 0.25) is 0 Å². The van der Waals surface area contributed by atoms with Crippen LogP contribution in [0.4, 0.5) is 5.69 Å². The van der Waals surface area contributed by atoms with Gasteiger partial charge < -0.3 is 5.21 Å². The molecule has 0 aliphatic rings. The lowest BCUT2D eigenvalue weighted by Crippen LogP contribution is -1.96. The van der Waals surface area contributed by atoms with Gasteiger partial charge in [0.05, 0.1) is 0 Å². The Morgan fingerprint density at radius 1 is 1.21 bits per heavy atom. The molecule has 2 nitrogen and oxygen atoms in total. The van der Waals surface area contributed by atoms with Gasteiger partial charge in [-0.05, 0) is 6.42 Å². The van der Waals surface area contributed by atoms with Crippen LogP contribution in [0.3, 0.4) is 0 Å². The minimum Gasteiger partial charge on any atom is -0.619 e. The molecule has 0 heterocycles. The lowest BCUT2D eigenvalue weighted by Gasteiger charge is -2.01. The summed E-state index contributed by atoms with van der Waals surface area (Å²) >= 11 is 0. The van der Waals surface area contributed by atoms with Crippen molar-refractivity contribution in [1.82, 2.24) is 0 Å². The second-order valence-corrected chi connectivity index (χ2v) is 3.34. The van der Waals surface area contributed by atoms with Gasteiger partial charge in [0.25, 0.3) is 0 Å². The number of para-hydroxylation sites is 1. The summed E-state index contributed by atoms with van der Waals surface area (Å²) in [6, 6.07) is 9.31. The topological polar surface area (TPSA) is 26.1 Å². The van der Waals surface area contributed by atoms with Crippen molar-refractivity contribution >= 4 is 11.9 Å². The Morgan fingerprint density at radius 3 is 2.57 bits per heavy atom. The molecule has 0 saturated heterocycles. The molecule has 0 aromatic heterocycles. The van der Waals surface area contributed by atoms with E-state index >= 15 is 0 Å². The maximum absolute atomic E-state index is 11.5. The first-order valence-corrected chi connectivity index (χ1v) is 5.19. The molecule has 2 heteroatoms. The smallest absolute Gasteiger partial charge is 0.216 e. The lowest BCUT2D eigenvalue weighted by molar-refractivity contribution is -0.356. The molecule has 0 fully saturated rings. The Labute approximate surface area is 85.5 Å². The van der Waals surface area contributed by atoms with E-state index in [-0.39, 0.29) is 0 Å². The molecule has 0 radical (unpaired) electrons. The van der Waals surface area contributed by atoms with E-state index in [1.165, 1.54) is 12.8 Å². The van der Waals surface area contributed by atoms with Gasteiger partial charge in [0, 0.05) is 18.6 Å². The molecular formula is C12H17NO. The molecule has 1 rings (SSSR count). The van der Waals surface area contributed by atoms with Crippen molar-refractivity contribution in [3.63, 3.8) is 0 Å². The summed E-state index contributed by atoms with van der Waals surface area (Å²) in [6.07, 6.45) is 6.07. The Bertz CT molecular complexity index is 280. The third-order valence-electron chi connectivity index (χ3n) is 2.11. The van der Waals surface area contributed by atoms with Crippen molar-refractivity contribution in [3.05, 3.63) is 35.5 Å². The Kier molecular flexibility index (Phi) is 4.76. The largest absolute Gasteiger partial charge is 0.619 e. The summed E-state index contributed by atoms with van der Waals surface area (Å²) in [7, 11) is 0. The number of benzene rings is 1. The van der Waals surface area contributed by atoms with E-state index in [0.717, 1.165) is 17.6 Å². The molecule has 0 amide bonds. The molecule has 1 aromatic carbocycles. The highest BCUT2D eigenvalue weighted by atomic mass is 16.5. The van der Waals surface area contributed by atoms with Crippen molar-refractivity contribution < 1.29 is 4.74 Å². The SMILES string of the molecule is CCCCC/C=[N+](\[O-])c1ccccc1. The number of nitrogens with zero attached hydrogens (tertiary/aromatic N) is 1. The normalized spacial score (nSPS) is 11.6. The van der Waals surface area contributed by atoms with Gasteiger partial charge in [0.1, 0.15) is 0 Å². The lowest BCUT2D eigenvalue weighted by atomic mass is 10.2. The van der Waals surface area contributed by atoms with Crippen LogP contribution in [0.15, 0.2) is 30.3 Å². The molecule has 76 valence electrons. The number of hydrogen-bond donors (Lipinski definition) is 0. The van der Waals surface area contributed by atoms with Gasteiger partial charge in [-0.2, -0.15) is 4.74 Å². The fourth-order valence-corrected chi connectivity index (χ4v) is 1.28. The van der Waals surface area contributed by atoms with Crippen LogP contribution in [0.1, 0.15) is 32.6 Å². The summed E-state index contributed by atoms with van der Waals surface area (Å²) < 4.78 is 0.954. The van der Waals surface area contributed by atoms with Crippen LogP contribution < -0.4 is 0 Å². The van der Waals surface area contributed by atoms with Gasteiger partial charge in [-0.25, -0.2) is 0 Å². The zero-order chi connectivity index (χ0) is 10.2. The molecule has 0 unspecified atom stereocenters. The van der Waals surface area contributed by atoms with E-state index in [1.807, 2.05) is 30.3 Å². The van der Waals surface area contributed by atoms with Crippen molar-refractivity contribution in [2.24, 2.45) is 0 Å². The third-order valence-corrected chi connectivity index (χ3v) is 2.11. The predicted molar refractivity (Wildman–Crippen MR) is 59.9 cm³/mol. The second kappa shape index (κ2) is 6.19. The molecule has 0 aliphatic carbocycles. The average Bonchev–Trinajstić information content (AvgIpc) is 2.25. The number of unbranched alkanes of at least 4 members (excludes halogenated alkanes) is 3. The molecule has 0 N–H and O–H groups in total. The fraction of sp³-hybridized carbons (Fsp3) is 0.417. The molecule has 0 spiro atoms. The molecular weight excluding hydrogens is 174 g/mol.